The van der Waals surface area contributed by atoms with E-state index in [2.05, 4.69) is 10.6 Å². The molecule has 0 radical (unpaired) electrons. The molecular weight excluding hydrogens is 366 g/mol. The van der Waals surface area contributed by atoms with Gasteiger partial charge in [0.25, 0.3) is 0 Å². The van der Waals surface area contributed by atoms with Gasteiger partial charge < -0.3 is 15.2 Å². The van der Waals surface area contributed by atoms with Crippen LogP contribution in [-0.2, 0) is 4.74 Å². The van der Waals surface area contributed by atoms with E-state index >= 15 is 0 Å². The highest BCUT2D eigenvalue weighted by molar-refractivity contribution is 6.07. The van der Waals surface area contributed by atoms with Crippen LogP contribution in [0.4, 0.5) is 16.2 Å². The number of aromatic nitrogens is 1. The molecule has 1 unspecified atom stereocenters. The van der Waals surface area contributed by atoms with E-state index in [9.17, 15) is 9.90 Å². The average molecular weight is 387 g/mol. The zero-order valence-corrected chi connectivity index (χ0v) is 15.9. The zero-order valence-electron chi connectivity index (χ0n) is 15.9. The average Bonchev–Trinajstić information content (AvgIpc) is 2.74. The van der Waals surface area contributed by atoms with Crippen LogP contribution in [0.5, 0.6) is 0 Å². The van der Waals surface area contributed by atoms with Crippen LogP contribution in [0.15, 0.2) is 72.8 Å². The lowest BCUT2D eigenvalue weighted by molar-refractivity contribution is 0.168. The number of ether oxygens (including phenoxy) is 1. The number of benzene rings is 3. The second-order valence-corrected chi connectivity index (χ2v) is 6.54. The van der Waals surface area contributed by atoms with Crippen LogP contribution in [0.1, 0.15) is 18.7 Å². The van der Waals surface area contributed by atoms with E-state index in [-0.39, 0.29) is 6.61 Å². The zero-order chi connectivity index (χ0) is 20.2. The summed E-state index contributed by atoms with van der Waals surface area (Å²) in [6, 6.07) is 22.6. The molecule has 1 aromatic heterocycles. The molecule has 0 saturated heterocycles. The SMILES string of the molecule is CCOC(=O)Nc1cccc(C(O)Nc2c3ccccc3nc3ccccc23)c1. The number of fused-ring (bicyclic) bond motifs is 2. The van der Waals surface area contributed by atoms with Gasteiger partial charge in [-0.3, -0.25) is 5.32 Å². The van der Waals surface area contributed by atoms with Crippen molar-refractivity contribution >= 4 is 39.3 Å². The van der Waals surface area contributed by atoms with Crippen LogP contribution >= 0.6 is 0 Å². The number of aliphatic hydroxyl groups is 1. The third-order valence-corrected chi connectivity index (χ3v) is 4.59. The number of para-hydroxylation sites is 2. The lowest BCUT2D eigenvalue weighted by Gasteiger charge is -2.19. The molecule has 0 aliphatic heterocycles. The Kier molecular flexibility index (Phi) is 5.27. The molecule has 4 rings (SSSR count). The van der Waals surface area contributed by atoms with Gasteiger partial charge in [-0.25, -0.2) is 9.78 Å². The fraction of sp³-hybridized carbons (Fsp3) is 0.130. The van der Waals surface area contributed by atoms with Crippen molar-refractivity contribution in [2.45, 2.75) is 13.2 Å². The van der Waals surface area contributed by atoms with E-state index < -0.39 is 12.3 Å². The molecule has 0 aliphatic rings. The molecule has 0 spiro atoms. The number of nitrogens with zero attached hydrogens (tertiary/aromatic N) is 1. The topological polar surface area (TPSA) is 83.5 Å². The van der Waals surface area contributed by atoms with Crippen molar-refractivity contribution in [2.24, 2.45) is 0 Å². The number of aliphatic hydroxyl groups excluding tert-OH is 1. The molecule has 0 saturated carbocycles. The van der Waals surface area contributed by atoms with E-state index in [0.29, 0.717) is 11.3 Å². The van der Waals surface area contributed by atoms with Crippen molar-refractivity contribution in [3.63, 3.8) is 0 Å². The molecule has 3 aromatic carbocycles. The Bertz CT molecular complexity index is 1120. The van der Waals surface area contributed by atoms with Crippen molar-refractivity contribution in [2.75, 3.05) is 17.2 Å². The summed E-state index contributed by atoms with van der Waals surface area (Å²) >= 11 is 0. The van der Waals surface area contributed by atoms with Crippen LogP contribution in [0.3, 0.4) is 0 Å². The fourth-order valence-corrected chi connectivity index (χ4v) is 3.29. The number of anilines is 2. The minimum Gasteiger partial charge on any atom is -0.450 e. The Labute approximate surface area is 168 Å². The highest BCUT2D eigenvalue weighted by atomic mass is 16.5. The lowest BCUT2D eigenvalue weighted by atomic mass is 10.1. The smallest absolute Gasteiger partial charge is 0.411 e. The third kappa shape index (κ3) is 3.97. The molecule has 0 bridgehead atoms. The standard InChI is InChI=1S/C23H21N3O3/c1-2-29-23(28)24-16-9-7-8-15(14-16)22(27)26-21-17-10-3-5-12-19(17)25-20-13-6-4-11-18(20)21/h3-14,22,27H,2H2,1H3,(H,24,28)(H,25,26). The molecule has 29 heavy (non-hydrogen) atoms. The summed E-state index contributed by atoms with van der Waals surface area (Å²) in [6.45, 7) is 2.03. The normalized spacial score (nSPS) is 11.9. The number of carbonyl (C=O) groups excluding carboxylic acids is 1. The Morgan fingerprint density at radius 1 is 1.00 bits per heavy atom. The number of hydrogen-bond donors (Lipinski definition) is 3. The molecule has 0 fully saturated rings. The first-order valence-electron chi connectivity index (χ1n) is 9.41. The maximum atomic E-state index is 11.7. The van der Waals surface area contributed by atoms with Crippen molar-refractivity contribution in [1.82, 2.24) is 4.98 Å². The molecule has 4 aromatic rings. The second-order valence-electron chi connectivity index (χ2n) is 6.54. The quantitative estimate of drug-likeness (QED) is 0.329. The van der Waals surface area contributed by atoms with Crippen molar-refractivity contribution < 1.29 is 14.6 Å². The van der Waals surface area contributed by atoms with E-state index in [4.69, 9.17) is 9.72 Å². The van der Waals surface area contributed by atoms with Crippen molar-refractivity contribution in [3.8, 4) is 0 Å². The van der Waals surface area contributed by atoms with Gasteiger partial charge in [-0.05, 0) is 31.2 Å². The highest BCUT2D eigenvalue weighted by Gasteiger charge is 2.14. The van der Waals surface area contributed by atoms with Gasteiger partial charge in [-0.1, -0.05) is 48.5 Å². The maximum absolute atomic E-state index is 11.7. The molecule has 0 aliphatic carbocycles. The van der Waals surface area contributed by atoms with Crippen LogP contribution in [0, 0.1) is 0 Å². The Hall–Kier alpha value is -3.64. The van der Waals surface area contributed by atoms with E-state index in [1.54, 1.807) is 31.2 Å². The minimum atomic E-state index is -0.979. The summed E-state index contributed by atoms with van der Waals surface area (Å²) < 4.78 is 4.90. The summed E-state index contributed by atoms with van der Waals surface area (Å²) in [6.07, 6.45) is -1.51. The Balaban J connectivity index is 1.69. The summed E-state index contributed by atoms with van der Waals surface area (Å²) in [5.41, 5.74) is 3.66. The van der Waals surface area contributed by atoms with Crippen LogP contribution in [0.2, 0.25) is 0 Å². The van der Waals surface area contributed by atoms with Gasteiger partial charge in [0.15, 0.2) is 6.23 Å². The summed E-state index contributed by atoms with van der Waals surface area (Å²) in [5.74, 6) is 0. The van der Waals surface area contributed by atoms with Crippen LogP contribution in [-0.4, -0.2) is 22.8 Å². The molecule has 1 atom stereocenters. The summed E-state index contributed by atoms with van der Waals surface area (Å²) in [5, 5.41) is 18.6. The van der Waals surface area contributed by atoms with Crippen LogP contribution in [0.25, 0.3) is 21.8 Å². The minimum absolute atomic E-state index is 0.290. The van der Waals surface area contributed by atoms with E-state index in [1.165, 1.54) is 0 Å². The number of rotatable bonds is 5. The Morgan fingerprint density at radius 3 is 2.31 bits per heavy atom. The molecule has 1 heterocycles. The predicted molar refractivity (Wildman–Crippen MR) is 115 cm³/mol. The predicted octanol–water partition coefficient (Wildman–Crippen LogP) is 5.06. The second kappa shape index (κ2) is 8.16. The fourth-order valence-electron chi connectivity index (χ4n) is 3.29. The van der Waals surface area contributed by atoms with Gasteiger partial charge in [0.05, 0.1) is 23.3 Å². The van der Waals surface area contributed by atoms with Gasteiger partial charge in [-0.2, -0.15) is 0 Å². The molecule has 3 N–H and O–H groups in total. The van der Waals surface area contributed by atoms with Gasteiger partial charge in [0.1, 0.15) is 0 Å². The first-order valence-corrected chi connectivity index (χ1v) is 9.41. The molecular formula is C23H21N3O3. The Morgan fingerprint density at radius 2 is 1.66 bits per heavy atom. The molecule has 6 heteroatoms. The summed E-state index contributed by atoms with van der Waals surface area (Å²) in [7, 11) is 0. The number of carbonyl (C=O) groups is 1. The molecule has 1 amide bonds. The maximum Gasteiger partial charge on any atom is 0.411 e. The molecule has 6 nitrogen and oxygen atoms in total. The number of nitrogens with one attached hydrogen (secondary N) is 2. The first kappa shape index (κ1) is 18.7. The summed E-state index contributed by atoms with van der Waals surface area (Å²) in [4.78, 5) is 16.4. The van der Waals surface area contributed by atoms with Crippen LogP contribution < -0.4 is 10.6 Å². The van der Waals surface area contributed by atoms with Gasteiger partial charge in [-0.15, -0.1) is 0 Å². The van der Waals surface area contributed by atoms with Gasteiger partial charge >= 0.3 is 6.09 Å². The van der Waals surface area contributed by atoms with Crippen molar-refractivity contribution in [1.29, 1.82) is 0 Å². The molecule has 146 valence electrons. The monoisotopic (exact) mass is 387 g/mol. The largest absolute Gasteiger partial charge is 0.450 e. The first-order chi connectivity index (χ1) is 14.2. The number of amides is 1. The van der Waals surface area contributed by atoms with Crippen molar-refractivity contribution in [3.05, 3.63) is 78.4 Å². The van der Waals surface area contributed by atoms with Gasteiger partial charge in [0, 0.05) is 22.0 Å². The van der Waals surface area contributed by atoms with E-state index in [0.717, 1.165) is 27.5 Å². The van der Waals surface area contributed by atoms with E-state index in [1.807, 2.05) is 48.5 Å². The lowest BCUT2D eigenvalue weighted by Crippen LogP contribution is -2.14. The third-order valence-electron chi connectivity index (χ3n) is 4.59. The van der Waals surface area contributed by atoms with Gasteiger partial charge in [0.2, 0.25) is 0 Å². The number of hydrogen-bond acceptors (Lipinski definition) is 5. The number of pyridine rings is 1. The highest BCUT2D eigenvalue weighted by Crippen LogP contribution is 2.33.